The normalized spacial score (nSPS) is 22.1. The summed E-state index contributed by atoms with van der Waals surface area (Å²) in [7, 11) is -3.71. The van der Waals surface area contributed by atoms with Gasteiger partial charge in [-0.15, -0.1) is 0 Å². The SMILES string of the molecule is O=C(NCC(c1ccco1)N1CCCC1)C1CCCCN1S(=O)(=O)c1ccccc1. The lowest BCUT2D eigenvalue weighted by Crippen LogP contribution is -2.52. The van der Waals surface area contributed by atoms with Crippen LogP contribution in [0.1, 0.15) is 43.9 Å². The number of hydrogen-bond acceptors (Lipinski definition) is 5. The first-order valence-electron chi connectivity index (χ1n) is 10.7. The number of nitrogens with one attached hydrogen (secondary N) is 1. The Hall–Kier alpha value is -2.16. The summed E-state index contributed by atoms with van der Waals surface area (Å²) >= 11 is 0. The van der Waals surface area contributed by atoms with E-state index in [2.05, 4.69) is 10.2 Å². The molecule has 7 nitrogen and oxygen atoms in total. The summed E-state index contributed by atoms with van der Waals surface area (Å²) in [6.07, 6.45) is 6.06. The number of carbonyl (C=O) groups excluding carboxylic acids is 1. The number of rotatable bonds is 7. The summed E-state index contributed by atoms with van der Waals surface area (Å²) < 4.78 is 33.3. The molecule has 1 N–H and O–H groups in total. The molecule has 0 saturated carbocycles. The van der Waals surface area contributed by atoms with Crippen molar-refractivity contribution in [1.82, 2.24) is 14.5 Å². The molecule has 1 aromatic carbocycles. The smallest absolute Gasteiger partial charge is 0.243 e. The van der Waals surface area contributed by atoms with Crippen molar-refractivity contribution in [3.8, 4) is 0 Å². The summed E-state index contributed by atoms with van der Waals surface area (Å²) in [5.74, 6) is 0.597. The number of hydrogen-bond donors (Lipinski definition) is 1. The Morgan fingerprint density at radius 1 is 1.03 bits per heavy atom. The molecule has 1 amide bonds. The van der Waals surface area contributed by atoms with Crippen molar-refractivity contribution in [2.75, 3.05) is 26.2 Å². The van der Waals surface area contributed by atoms with Crippen molar-refractivity contribution in [1.29, 1.82) is 0 Å². The van der Waals surface area contributed by atoms with E-state index in [1.165, 1.54) is 4.31 Å². The van der Waals surface area contributed by atoms with Crippen molar-refractivity contribution in [2.45, 2.75) is 49.1 Å². The molecule has 2 atom stereocenters. The average Bonchev–Trinajstić information content (AvgIpc) is 3.49. The molecule has 2 aromatic rings. The second-order valence-electron chi connectivity index (χ2n) is 7.96. The van der Waals surface area contributed by atoms with E-state index >= 15 is 0 Å². The predicted molar refractivity (Wildman–Crippen MR) is 113 cm³/mol. The number of nitrogens with zero attached hydrogens (tertiary/aromatic N) is 2. The van der Waals surface area contributed by atoms with E-state index in [4.69, 9.17) is 4.42 Å². The topological polar surface area (TPSA) is 82.9 Å². The van der Waals surface area contributed by atoms with Crippen LogP contribution >= 0.6 is 0 Å². The standard InChI is InChI=1S/C22H29N3O4S/c26-22(23-17-20(21-12-8-16-29-21)24-13-6-7-14-24)19-11-4-5-15-25(19)30(27,28)18-9-2-1-3-10-18/h1-3,8-10,12,16,19-20H,4-7,11,13-15,17H2,(H,23,26). The Labute approximate surface area is 178 Å². The van der Waals surface area contributed by atoms with Crippen LogP contribution in [0.15, 0.2) is 58.0 Å². The first kappa shape index (κ1) is 21.1. The van der Waals surface area contributed by atoms with E-state index < -0.39 is 16.1 Å². The number of amides is 1. The van der Waals surface area contributed by atoms with Gasteiger partial charge in [-0.2, -0.15) is 4.31 Å². The highest BCUT2D eigenvalue weighted by molar-refractivity contribution is 7.89. The first-order valence-corrected chi connectivity index (χ1v) is 12.1. The van der Waals surface area contributed by atoms with Crippen molar-refractivity contribution < 1.29 is 17.6 Å². The molecule has 2 fully saturated rings. The third-order valence-corrected chi connectivity index (χ3v) is 7.95. The highest BCUT2D eigenvalue weighted by atomic mass is 32.2. The molecule has 0 bridgehead atoms. The van der Waals surface area contributed by atoms with Crippen LogP contribution in [0.25, 0.3) is 0 Å². The minimum atomic E-state index is -3.71. The molecule has 2 aliphatic heterocycles. The van der Waals surface area contributed by atoms with Crippen LogP contribution in [0, 0.1) is 0 Å². The van der Waals surface area contributed by atoms with Crippen molar-refractivity contribution in [2.24, 2.45) is 0 Å². The van der Waals surface area contributed by atoms with Gasteiger partial charge < -0.3 is 9.73 Å². The van der Waals surface area contributed by atoms with Gasteiger partial charge in [0, 0.05) is 13.1 Å². The van der Waals surface area contributed by atoms with E-state index in [0.29, 0.717) is 19.5 Å². The van der Waals surface area contributed by atoms with Crippen LogP contribution < -0.4 is 5.32 Å². The van der Waals surface area contributed by atoms with Gasteiger partial charge >= 0.3 is 0 Å². The molecule has 30 heavy (non-hydrogen) atoms. The summed E-state index contributed by atoms with van der Waals surface area (Å²) in [5, 5.41) is 3.02. The van der Waals surface area contributed by atoms with Gasteiger partial charge in [-0.1, -0.05) is 24.6 Å². The summed E-state index contributed by atoms with van der Waals surface area (Å²) in [5.41, 5.74) is 0. The van der Waals surface area contributed by atoms with E-state index in [-0.39, 0.29) is 16.8 Å². The Kier molecular flexibility index (Phi) is 6.55. The second-order valence-corrected chi connectivity index (χ2v) is 9.85. The molecule has 162 valence electrons. The van der Waals surface area contributed by atoms with Crippen LogP contribution in [0.4, 0.5) is 0 Å². The highest BCUT2D eigenvalue weighted by Crippen LogP contribution is 2.27. The Balaban J connectivity index is 1.48. The van der Waals surface area contributed by atoms with Crippen molar-refractivity contribution in [3.63, 3.8) is 0 Å². The van der Waals surface area contributed by atoms with Crippen LogP contribution in [-0.4, -0.2) is 55.8 Å². The number of benzene rings is 1. The van der Waals surface area contributed by atoms with Gasteiger partial charge in [-0.25, -0.2) is 8.42 Å². The minimum absolute atomic E-state index is 0.0331. The molecule has 0 spiro atoms. The third kappa shape index (κ3) is 4.45. The Morgan fingerprint density at radius 2 is 1.77 bits per heavy atom. The molecule has 1 aromatic heterocycles. The van der Waals surface area contributed by atoms with Gasteiger partial charge in [0.25, 0.3) is 0 Å². The van der Waals surface area contributed by atoms with Crippen molar-refractivity contribution in [3.05, 3.63) is 54.5 Å². The Morgan fingerprint density at radius 3 is 2.47 bits per heavy atom. The molecule has 2 saturated heterocycles. The predicted octanol–water partition coefficient (Wildman–Crippen LogP) is 2.78. The summed E-state index contributed by atoms with van der Waals surface area (Å²) in [6, 6.07) is 11.4. The van der Waals surface area contributed by atoms with E-state index in [1.54, 1.807) is 36.6 Å². The van der Waals surface area contributed by atoms with Crippen LogP contribution in [-0.2, 0) is 14.8 Å². The maximum absolute atomic E-state index is 13.2. The maximum Gasteiger partial charge on any atom is 0.243 e. The molecule has 3 heterocycles. The maximum atomic E-state index is 13.2. The van der Waals surface area contributed by atoms with Gasteiger partial charge in [0.1, 0.15) is 11.8 Å². The number of sulfonamides is 1. The van der Waals surface area contributed by atoms with E-state index in [1.807, 2.05) is 12.1 Å². The number of furan rings is 1. The first-order chi connectivity index (χ1) is 14.6. The molecule has 0 radical (unpaired) electrons. The van der Waals surface area contributed by atoms with Gasteiger partial charge in [-0.3, -0.25) is 9.69 Å². The molecule has 2 aliphatic rings. The van der Waals surface area contributed by atoms with Gasteiger partial charge in [0.15, 0.2) is 0 Å². The molecular weight excluding hydrogens is 402 g/mol. The van der Waals surface area contributed by atoms with Gasteiger partial charge in [-0.05, 0) is 63.0 Å². The molecule has 8 heteroatoms. The van der Waals surface area contributed by atoms with Crippen LogP contribution in [0.5, 0.6) is 0 Å². The lowest BCUT2D eigenvalue weighted by Gasteiger charge is -2.34. The quantitative estimate of drug-likeness (QED) is 0.729. The monoisotopic (exact) mass is 431 g/mol. The fourth-order valence-electron chi connectivity index (χ4n) is 4.44. The second kappa shape index (κ2) is 9.32. The molecule has 0 aliphatic carbocycles. The zero-order chi connectivity index (χ0) is 21.0. The minimum Gasteiger partial charge on any atom is -0.468 e. The van der Waals surface area contributed by atoms with Crippen LogP contribution in [0.2, 0.25) is 0 Å². The van der Waals surface area contributed by atoms with Gasteiger partial charge in [0.2, 0.25) is 15.9 Å². The number of piperidine rings is 1. The van der Waals surface area contributed by atoms with Crippen molar-refractivity contribution >= 4 is 15.9 Å². The number of carbonyl (C=O) groups is 1. The molecule has 2 unspecified atom stereocenters. The fourth-order valence-corrected chi connectivity index (χ4v) is 6.12. The molecule has 4 rings (SSSR count). The average molecular weight is 432 g/mol. The largest absolute Gasteiger partial charge is 0.468 e. The number of likely N-dealkylation sites (tertiary alicyclic amines) is 1. The molecular formula is C22H29N3O4S. The van der Waals surface area contributed by atoms with E-state index in [0.717, 1.165) is 44.5 Å². The lowest BCUT2D eigenvalue weighted by molar-refractivity contribution is -0.126. The van der Waals surface area contributed by atoms with Crippen LogP contribution in [0.3, 0.4) is 0 Å². The van der Waals surface area contributed by atoms with Gasteiger partial charge in [0.05, 0.1) is 17.2 Å². The zero-order valence-electron chi connectivity index (χ0n) is 17.1. The zero-order valence-corrected chi connectivity index (χ0v) is 17.9. The van der Waals surface area contributed by atoms with E-state index in [9.17, 15) is 13.2 Å². The Bertz CT molecular complexity index is 925. The fraction of sp³-hybridized carbons (Fsp3) is 0.500. The lowest BCUT2D eigenvalue weighted by atomic mass is 10.0. The summed E-state index contributed by atoms with van der Waals surface area (Å²) in [4.78, 5) is 15.7. The highest BCUT2D eigenvalue weighted by Gasteiger charge is 2.38. The summed E-state index contributed by atoms with van der Waals surface area (Å²) in [6.45, 7) is 2.71. The third-order valence-electron chi connectivity index (χ3n) is 6.03.